The Kier molecular flexibility index (Phi) is 7.34. The van der Waals surface area contributed by atoms with Crippen LogP contribution >= 0.6 is 0 Å². The van der Waals surface area contributed by atoms with Crippen LogP contribution in [0.15, 0.2) is 54.7 Å². The molecule has 0 aliphatic heterocycles. The molecule has 3 rings (SSSR count). The number of rotatable bonds is 6. The number of aliphatic hydroxyl groups is 1. The third kappa shape index (κ3) is 5.88. The van der Waals surface area contributed by atoms with E-state index in [2.05, 4.69) is 4.98 Å². The highest BCUT2D eigenvalue weighted by Gasteiger charge is 2.38. The number of anilines is 1. The van der Waals surface area contributed by atoms with Gasteiger partial charge in [-0.05, 0) is 42.5 Å². The predicted octanol–water partition coefficient (Wildman–Crippen LogP) is 5.57. The zero-order valence-corrected chi connectivity index (χ0v) is 17.9. The Morgan fingerprint density at radius 1 is 1.00 bits per heavy atom. The van der Waals surface area contributed by atoms with Gasteiger partial charge in [-0.2, -0.15) is 26.3 Å². The fourth-order valence-electron chi connectivity index (χ4n) is 3.22. The van der Waals surface area contributed by atoms with E-state index in [1.165, 1.54) is 24.4 Å². The number of nitrogens with zero attached hydrogens (tertiary/aromatic N) is 2. The Morgan fingerprint density at radius 2 is 1.63 bits per heavy atom. The second-order valence-corrected chi connectivity index (χ2v) is 7.24. The van der Waals surface area contributed by atoms with Crippen LogP contribution in [0, 0.1) is 5.82 Å². The lowest BCUT2D eigenvalue weighted by atomic mass is 10.0. The van der Waals surface area contributed by atoms with Crippen LogP contribution in [0.3, 0.4) is 0 Å². The Hall–Kier alpha value is -3.67. The van der Waals surface area contributed by atoms with Gasteiger partial charge in [0.2, 0.25) is 0 Å². The molecule has 1 N–H and O–H groups in total. The average Bonchev–Trinajstić information content (AvgIpc) is 2.80. The van der Waals surface area contributed by atoms with Gasteiger partial charge in [0.05, 0.1) is 29.1 Å². The van der Waals surface area contributed by atoms with E-state index < -0.39 is 40.8 Å². The van der Waals surface area contributed by atoms with Gasteiger partial charge in [-0.25, -0.2) is 4.39 Å². The Morgan fingerprint density at radius 3 is 2.20 bits per heavy atom. The number of carbonyl (C=O) groups excluding carboxylic acids is 1. The molecule has 0 spiro atoms. The SMILES string of the molecule is CN(C(=O)c1cc(C(F)(F)F)cc(C(F)(F)F)c1)c1cccnc1-c1ccc(F)cc1OCCO. The molecule has 3 aromatic rings. The minimum Gasteiger partial charge on any atom is -0.490 e. The molecular formula is C23H17F7N2O3. The van der Waals surface area contributed by atoms with Crippen LogP contribution in [-0.2, 0) is 12.4 Å². The summed E-state index contributed by atoms with van der Waals surface area (Å²) in [5.41, 5.74) is -3.89. The van der Waals surface area contributed by atoms with Crippen LogP contribution < -0.4 is 9.64 Å². The van der Waals surface area contributed by atoms with E-state index >= 15 is 0 Å². The smallest absolute Gasteiger partial charge is 0.416 e. The first-order chi connectivity index (χ1) is 16.3. The molecule has 186 valence electrons. The summed E-state index contributed by atoms with van der Waals surface area (Å²) in [7, 11) is 1.15. The standard InChI is InChI=1S/C23H17F7N2O3/c1-32(21(34)13-9-14(22(25,26)27)11-15(10-13)23(28,29)30)18-3-2-6-31-20(18)17-5-4-16(24)12-19(17)35-8-7-33/h2-6,9-12,33H,7-8H2,1H3. The monoisotopic (exact) mass is 502 g/mol. The maximum absolute atomic E-state index is 13.8. The number of amides is 1. The van der Waals surface area contributed by atoms with Crippen molar-refractivity contribution in [3.05, 3.63) is 77.2 Å². The number of alkyl halides is 6. The van der Waals surface area contributed by atoms with E-state index in [0.29, 0.717) is 12.1 Å². The van der Waals surface area contributed by atoms with E-state index in [-0.39, 0.29) is 42.0 Å². The number of carbonyl (C=O) groups is 1. The molecule has 0 unspecified atom stereocenters. The van der Waals surface area contributed by atoms with Crippen LogP contribution in [0.4, 0.5) is 36.4 Å². The zero-order chi connectivity index (χ0) is 26.0. The van der Waals surface area contributed by atoms with E-state index in [1.807, 2.05) is 0 Å². The van der Waals surface area contributed by atoms with Gasteiger partial charge in [0.1, 0.15) is 18.2 Å². The summed E-state index contributed by atoms with van der Waals surface area (Å²) >= 11 is 0. The molecule has 35 heavy (non-hydrogen) atoms. The van der Waals surface area contributed by atoms with Crippen molar-refractivity contribution in [1.82, 2.24) is 4.98 Å². The van der Waals surface area contributed by atoms with Crippen molar-refractivity contribution in [3.8, 4) is 17.0 Å². The molecule has 0 saturated carbocycles. The fraction of sp³-hybridized carbons (Fsp3) is 0.217. The van der Waals surface area contributed by atoms with Crippen molar-refractivity contribution in [3.63, 3.8) is 0 Å². The molecule has 1 heterocycles. The van der Waals surface area contributed by atoms with Gasteiger partial charge in [-0.1, -0.05) is 0 Å². The van der Waals surface area contributed by atoms with Gasteiger partial charge in [0.25, 0.3) is 5.91 Å². The van der Waals surface area contributed by atoms with Gasteiger partial charge in [-0.3, -0.25) is 9.78 Å². The molecule has 12 heteroatoms. The fourth-order valence-corrected chi connectivity index (χ4v) is 3.22. The van der Waals surface area contributed by atoms with Crippen molar-refractivity contribution in [2.24, 2.45) is 0 Å². The molecule has 5 nitrogen and oxygen atoms in total. The second kappa shape index (κ2) is 9.90. The van der Waals surface area contributed by atoms with Gasteiger partial charge in [0.15, 0.2) is 0 Å². The normalized spacial score (nSPS) is 11.9. The summed E-state index contributed by atoms with van der Waals surface area (Å²) in [6.07, 6.45) is -8.93. The number of aromatic nitrogens is 1. The van der Waals surface area contributed by atoms with E-state index in [1.54, 1.807) is 0 Å². The molecule has 1 aromatic heterocycles. The first-order valence-corrected chi connectivity index (χ1v) is 9.89. The molecule has 0 saturated heterocycles. The highest BCUT2D eigenvalue weighted by molar-refractivity contribution is 6.07. The summed E-state index contributed by atoms with van der Waals surface area (Å²) in [6.45, 7) is -0.585. The number of pyridine rings is 1. The van der Waals surface area contributed by atoms with Gasteiger partial charge >= 0.3 is 12.4 Å². The third-order valence-electron chi connectivity index (χ3n) is 4.83. The van der Waals surface area contributed by atoms with Crippen molar-refractivity contribution < 1.29 is 45.4 Å². The summed E-state index contributed by atoms with van der Waals surface area (Å²) in [4.78, 5) is 18.0. The topological polar surface area (TPSA) is 62.7 Å². The molecule has 0 bridgehead atoms. The lowest BCUT2D eigenvalue weighted by Crippen LogP contribution is -2.28. The summed E-state index contributed by atoms with van der Waals surface area (Å²) in [5.74, 6) is -1.89. The van der Waals surface area contributed by atoms with Crippen LogP contribution in [0.2, 0.25) is 0 Å². The maximum Gasteiger partial charge on any atom is 0.416 e. The first kappa shape index (κ1) is 25.9. The summed E-state index contributed by atoms with van der Waals surface area (Å²) < 4.78 is 98.4. The molecule has 0 fully saturated rings. The van der Waals surface area contributed by atoms with Crippen LogP contribution in [0.1, 0.15) is 21.5 Å². The molecule has 1 amide bonds. The number of benzene rings is 2. The quantitative estimate of drug-likeness (QED) is 0.448. The number of ether oxygens (including phenoxy) is 1. The first-order valence-electron chi connectivity index (χ1n) is 9.89. The molecular weight excluding hydrogens is 485 g/mol. The van der Waals surface area contributed by atoms with Crippen molar-refractivity contribution in [1.29, 1.82) is 0 Å². The van der Waals surface area contributed by atoms with Crippen molar-refractivity contribution in [2.45, 2.75) is 12.4 Å². The molecule has 0 aliphatic rings. The molecule has 0 aliphatic carbocycles. The molecule has 0 radical (unpaired) electrons. The van der Waals surface area contributed by atoms with E-state index in [9.17, 15) is 35.5 Å². The Labute approximate surface area is 194 Å². The highest BCUT2D eigenvalue weighted by Crippen LogP contribution is 2.38. The Balaban J connectivity index is 2.10. The number of halogens is 7. The van der Waals surface area contributed by atoms with Crippen LogP contribution in [0.5, 0.6) is 5.75 Å². The molecule has 0 atom stereocenters. The predicted molar refractivity (Wildman–Crippen MR) is 111 cm³/mol. The van der Waals surface area contributed by atoms with Gasteiger partial charge in [0, 0.05) is 30.4 Å². The maximum atomic E-state index is 13.8. The van der Waals surface area contributed by atoms with Gasteiger partial charge in [-0.15, -0.1) is 0 Å². The lowest BCUT2D eigenvalue weighted by Gasteiger charge is -2.22. The zero-order valence-electron chi connectivity index (χ0n) is 17.9. The third-order valence-corrected chi connectivity index (χ3v) is 4.83. The summed E-state index contributed by atoms with van der Waals surface area (Å²) in [5, 5.41) is 9.01. The number of hydrogen-bond acceptors (Lipinski definition) is 4. The van der Waals surface area contributed by atoms with E-state index in [0.717, 1.165) is 24.1 Å². The second-order valence-electron chi connectivity index (χ2n) is 7.24. The lowest BCUT2D eigenvalue weighted by molar-refractivity contribution is -0.143. The Bertz CT molecular complexity index is 1190. The summed E-state index contributed by atoms with van der Waals surface area (Å²) in [6, 6.07) is 6.70. The number of hydrogen-bond donors (Lipinski definition) is 1. The van der Waals surface area contributed by atoms with Crippen LogP contribution in [0.25, 0.3) is 11.3 Å². The van der Waals surface area contributed by atoms with Crippen LogP contribution in [-0.4, -0.2) is 36.3 Å². The number of aliphatic hydroxyl groups excluding tert-OH is 1. The van der Waals surface area contributed by atoms with E-state index in [4.69, 9.17) is 9.84 Å². The molecule has 2 aromatic carbocycles. The van der Waals surface area contributed by atoms with Crippen molar-refractivity contribution in [2.75, 3.05) is 25.2 Å². The average molecular weight is 502 g/mol. The minimum atomic E-state index is -5.12. The largest absolute Gasteiger partial charge is 0.490 e. The van der Waals surface area contributed by atoms with Gasteiger partial charge < -0.3 is 14.7 Å². The highest BCUT2D eigenvalue weighted by atomic mass is 19.4. The minimum absolute atomic E-state index is 0.00364. The van der Waals surface area contributed by atoms with Crippen molar-refractivity contribution >= 4 is 11.6 Å².